The molecule has 3 nitrogen and oxygen atoms in total. The largest absolute Gasteiger partial charge is 0.329 e. The third-order valence-electron chi connectivity index (χ3n) is 3.36. The lowest BCUT2D eigenvalue weighted by atomic mass is 10.1. The molecular weight excluding hydrogens is 200 g/mol. The van der Waals surface area contributed by atoms with Gasteiger partial charge in [-0.1, -0.05) is 19.4 Å². The van der Waals surface area contributed by atoms with Crippen molar-refractivity contribution < 1.29 is 0 Å². The normalized spacial score (nSPS) is 21.4. The van der Waals surface area contributed by atoms with E-state index < -0.39 is 0 Å². The molecule has 1 aromatic rings. The number of nitrogens with one attached hydrogen (secondary N) is 1. The van der Waals surface area contributed by atoms with Crippen molar-refractivity contribution in [2.75, 3.05) is 13.1 Å². The van der Waals surface area contributed by atoms with Gasteiger partial charge in [0.1, 0.15) is 0 Å². The van der Waals surface area contributed by atoms with Crippen molar-refractivity contribution in [3.8, 4) is 0 Å². The first-order valence-corrected chi connectivity index (χ1v) is 6.24. The van der Waals surface area contributed by atoms with Gasteiger partial charge in [-0.25, -0.2) is 0 Å². The molecule has 16 heavy (non-hydrogen) atoms. The SMILES string of the molecule is CCCCN1CCC[C@@H]1c1ccc(=O)[nH]c1. The van der Waals surface area contributed by atoms with Crippen molar-refractivity contribution in [2.45, 2.75) is 38.6 Å². The number of aromatic amines is 1. The smallest absolute Gasteiger partial charge is 0.247 e. The molecule has 0 saturated carbocycles. The summed E-state index contributed by atoms with van der Waals surface area (Å²) in [6, 6.07) is 4.11. The van der Waals surface area contributed by atoms with Crippen LogP contribution in [0.15, 0.2) is 23.1 Å². The lowest BCUT2D eigenvalue weighted by Crippen LogP contribution is -2.24. The highest BCUT2D eigenvalue weighted by atomic mass is 16.1. The number of H-pyrrole nitrogens is 1. The highest BCUT2D eigenvalue weighted by Gasteiger charge is 2.25. The van der Waals surface area contributed by atoms with Gasteiger partial charge >= 0.3 is 0 Å². The third-order valence-corrected chi connectivity index (χ3v) is 3.36. The van der Waals surface area contributed by atoms with Crippen LogP contribution in [-0.2, 0) is 0 Å². The maximum atomic E-state index is 11.0. The molecule has 1 saturated heterocycles. The lowest BCUT2D eigenvalue weighted by Gasteiger charge is -2.24. The number of hydrogen-bond acceptors (Lipinski definition) is 2. The zero-order valence-electron chi connectivity index (χ0n) is 9.91. The minimum absolute atomic E-state index is 0.0122. The average Bonchev–Trinajstić information content (AvgIpc) is 2.75. The van der Waals surface area contributed by atoms with Gasteiger partial charge in [0.25, 0.3) is 0 Å². The van der Waals surface area contributed by atoms with Crippen molar-refractivity contribution in [1.82, 2.24) is 9.88 Å². The Morgan fingerprint density at radius 1 is 1.50 bits per heavy atom. The summed E-state index contributed by atoms with van der Waals surface area (Å²) in [5, 5.41) is 0. The van der Waals surface area contributed by atoms with E-state index in [0.29, 0.717) is 6.04 Å². The summed E-state index contributed by atoms with van der Waals surface area (Å²) in [7, 11) is 0. The first-order chi connectivity index (χ1) is 7.81. The summed E-state index contributed by atoms with van der Waals surface area (Å²) in [5.74, 6) is 0. The van der Waals surface area contributed by atoms with Gasteiger partial charge in [-0.05, 0) is 37.9 Å². The van der Waals surface area contributed by atoms with E-state index in [4.69, 9.17) is 0 Å². The van der Waals surface area contributed by atoms with Crippen molar-refractivity contribution in [3.63, 3.8) is 0 Å². The summed E-state index contributed by atoms with van der Waals surface area (Å²) in [5.41, 5.74) is 1.25. The second-order valence-corrected chi connectivity index (χ2v) is 4.53. The van der Waals surface area contributed by atoms with Gasteiger partial charge < -0.3 is 4.98 Å². The number of pyridine rings is 1. The molecule has 1 fully saturated rings. The number of nitrogens with zero attached hydrogens (tertiary/aromatic N) is 1. The second-order valence-electron chi connectivity index (χ2n) is 4.53. The lowest BCUT2D eigenvalue weighted by molar-refractivity contribution is 0.253. The van der Waals surface area contributed by atoms with E-state index >= 15 is 0 Å². The van der Waals surface area contributed by atoms with Crippen LogP contribution in [0.25, 0.3) is 0 Å². The van der Waals surface area contributed by atoms with Crippen LogP contribution in [0.1, 0.15) is 44.2 Å². The molecule has 3 heteroatoms. The van der Waals surface area contributed by atoms with E-state index in [-0.39, 0.29) is 5.56 Å². The first kappa shape index (κ1) is 11.4. The van der Waals surface area contributed by atoms with Gasteiger partial charge in [-0.15, -0.1) is 0 Å². The van der Waals surface area contributed by atoms with Crippen LogP contribution < -0.4 is 5.56 Å². The van der Waals surface area contributed by atoms with Crippen molar-refractivity contribution in [1.29, 1.82) is 0 Å². The van der Waals surface area contributed by atoms with Crippen molar-refractivity contribution in [2.24, 2.45) is 0 Å². The molecular formula is C13H20N2O. The Kier molecular flexibility index (Phi) is 3.78. The Morgan fingerprint density at radius 3 is 3.06 bits per heavy atom. The van der Waals surface area contributed by atoms with Crippen LogP contribution in [0.3, 0.4) is 0 Å². The highest BCUT2D eigenvalue weighted by molar-refractivity contribution is 5.15. The molecule has 0 amide bonds. The maximum Gasteiger partial charge on any atom is 0.247 e. The molecule has 0 radical (unpaired) electrons. The molecule has 1 aromatic heterocycles. The second kappa shape index (κ2) is 5.30. The van der Waals surface area contributed by atoms with Crippen LogP contribution in [0.2, 0.25) is 0 Å². The summed E-state index contributed by atoms with van der Waals surface area (Å²) in [4.78, 5) is 16.3. The van der Waals surface area contributed by atoms with Gasteiger partial charge in [0.2, 0.25) is 5.56 Å². The maximum absolute atomic E-state index is 11.0. The monoisotopic (exact) mass is 220 g/mol. The van der Waals surface area contributed by atoms with E-state index in [1.54, 1.807) is 6.07 Å². The third kappa shape index (κ3) is 2.53. The van der Waals surface area contributed by atoms with E-state index in [1.807, 2.05) is 12.3 Å². The average molecular weight is 220 g/mol. The molecule has 1 aliphatic heterocycles. The fourth-order valence-corrected chi connectivity index (χ4v) is 2.46. The zero-order chi connectivity index (χ0) is 11.4. The van der Waals surface area contributed by atoms with Crippen molar-refractivity contribution in [3.05, 3.63) is 34.2 Å². The number of unbranched alkanes of at least 4 members (excludes halogenated alkanes) is 1. The molecule has 0 bridgehead atoms. The van der Waals surface area contributed by atoms with Crippen LogP contribution in [0.5, 0.6) is 0 Å². The summed E-state index contributed by atoms with van der Waals surface area (Å²) < 4.78 is 0. The predicted molar refractivity (Wildman–Crippen MR) is 65.5 cm³/mol. The van der Waals surface area contributed by atoms with Crippen LogP contribution >= 0.6 is 0 Å². The van der Waals surface area contributed by atoms with Crippen molar-refractivity contribution >= 4 is 0 Å². The van der Waals surface area contributed by atoms with E-state index in [0.717, 1.165) is 0 Å². The van der Waals surface area contributed by atoms with Gasteiger partial charge in [0, 0.05) is 18.3 Å². The summed E-state index contributed by atoms with van der Waals surface area (Å²) >= 11 is 0. The number of rotatable bonds is 4. The molecule has 1 N–H and O–H groups in total. The molecule has 0 unspecified atom stereocenters. The van der Waals surface area contributed by atoms with Gasteiger partial charge in [0.15, 0.2) is 0 Å². The topological polar surface area (TPSA) is 36.1 Å². The van der Waals surface area contributed by atoms with E-state index in [2.05, 4.69) is 16.8 Å². The fraction of sp³-hybridized carbons (Fsp3) is 0.615. The minimum atomic E-state index is -0.0122. The van der Waals surface area contributed by atoms with Gasteiger partial charge in [-0.3, -0.25) is 9.69 Å². The first-order valence-electron chi connectivity index (χ1n) is 6.24. The summed E-state index contributed by atoms with van der Waals surface area (Å²) in [6.07, 6.45) is 6.87. The van der Waals surface area contributed by atoms with Crippen LogP contribution in [-0.4, -0.2) is 23.0 Å². The van der Waals surface area contributed by atoms with Gasteiger partial charge in [-0.2, -0.15) is 0 Å². The Bertz CT molecular complexity index is 365. The Labute approximate surface area is 96.5 Å². The number of likely N-dealkylation sites (tertiary alicyclic amines) is 1. The zero-order valence-corrected chi connectivity index (χ0v) is 9.91. The number of hydrogen-bond donors (Lipinski definition) is 1. The fourth-order valence-electron chi connectivity index (χ4n) is 2.46. The standard InChI is InChI=1S/C13H20N2O/c1-2-3-8-15-9-4-5-12(15)11-6-7-13(16)14-10-11/h6-7,10,12H,2-5,8-9H2,1H3,(H,14,16)/t12-/m1/s1. The molecule has 1 aliphatic rings. The molecule has 0 spiro atoms. The Hall–Kier alpha value is -1.09. The Balaban J connectivity index is 2.07. The molecule has 0 aromatic carbocycles. The quantitative estimate of drug-likeness (QED) is 0.845. The van der Waals surface area contributed by atoms with E-state index in [1.165, 1.54) is 44.3 Å². The van der Waals surface area contributed by atoms with E-state index in [9.17, 15) is 4.79 Å². The number of aromatic nitrogens is 1. The minimum Gasteiger partial charge on any atom is -0.329 e. The van der Waals surface area contributed by atoms with Crippen LogP contribution in [0.4, 0.5) is 0 Å². The molecule has 1 atom stereocenters. The van der Waals surface area contributed by atoms with Crippen LogP contribution in [0, 0.1) is 0 Å². The summed E-state index contributed by atoms with van der Waals surface area (Å²) in [6.45, 7) is 4.61. The molecule has 0 aliphatic carbocycles. The highest BCUT2D eigenvalue weighted by Crippen LogP contribution is 2.31. The predicted octanol–water partition coefficient (Wildman–Crippen LogP) is 2.31. The van der Waals surface area contributed by atoms with Gasteiger partial charge in [0.05, 0.1) is 0 Å². The molecule has 88 valence electrons. The molecule has 2 heterocycles. The Morgan fingerprint density at radius 2 is 2.38 bits per heavy atom. The molecule has 2 rings (SSSR count).